The van der Waals surface area contributed by atoms with Gasteiger partial charge in [-0.1, -0.05) is 42.5 Å². The van der Waals surface area contributed by atoms with Crippen LogP contribution in [0.4, 0.5) is 0 Å². The van der Waals surface area contributed by atoms with Crippen molar-refractivity contribution in [2.24, 2.45) is 0 Å². The maximum atomic E-state index is 12.4. The van der Waals surface area contributed by atoms with Gasteiger partial charge in [0.15, 0.2) is 0 Å². The molecule has 4 rings (SSSR count). The summed E-state index contributed by atoms with van der Waals surface area (Å²) < 4.78 is 23.7. The summed E-state index contributed by atoms with van der Waals surface area (Å²) in [6.45, 7) is 5.45. The van der Waals surface area contributed by atoms with E-state index < -0.39 is 6.10 Å². The molecule has 1 aromatic heterocycles. The fourth-order valence-corrected chi connectivity index (χ4v) is 4.52. The maximum Gasteiger partial charge on any atom is 0.209 e. The Bertz CT molecular complexity index is 899. The zero-order valence-electron chi connectivity index (χ0n) is 18.2. The Labute approximate surface area is 193 Å². The molecule has 0 spiro atoms. The van der Waals surface area contributed by atoms with E-state index in [2.05, 4.69) is 23.7 Å². The molecule has 2 aliphatic heterocycles. The lowest BCUT2D eigenvalue weighted by atomic mass is 9.91. The first-order valence-corrected chi connectivity index (χ1v) is 11.7. The molecule has 2 fully saturated rings. The van der Waals surface area contributed by atoms with Crippen LogP contribution in [0.25, 0.3) is 0 Å². The summed E-state index contributed by atoms with van der Waals surface area (Å²) in [5.41, 5.74) is 2.97. The average molecular weight is 460 g/mol. The van der Waals surface area contributed by atoms with Crippen LogP contribution in [0, 0.1) is 0 Å². The van der Waals surface area contributed by atoms with Crippen molar-refractivity contribution in [3.63, 3.8) is 0 Å². The second-order valence-corrected chi connectivity index (χ2v) is 8.86. The highest BCUT2D eigenvalue weighted by atomic mass is 35.5. The van der Waals surface area contributed by atoms with Gasteiger partial charge in [-0.25, -0.2) is 4.98 Å². The van der Waals surface area contributed by atoms with E-state index in [4.69, 9.17) is 30.2 Å². The van der Waals surface area contributed by atoms with Crippen LogP contribution in [-0.4, -0.2) is 35.7 Å². The number of hydrogen-bond donors (Lipinski definition) is 0. The highest BCUT2D eigenvalue weighted by molar-refractivity contribution is 6.16. The number of benzene rings is 1. The van der Waals surface area contributed by atoms with E-state index in [0.717, 1.165) is 19.3 Å². The summed E-state index contributed by atoms with van der Waals surface area (Å²) >= 11 is 5.77. The SMILES string of the molecule is C=C1C[C@H](C[C@@H]2CC(=O)C[C@H](c3coc(CCl)n3)O2)O[C@@H](CCOCc2ccccc2)C1. The van der Waals surface area contributed by atoms with E-state index in [1.54, 1.807) is 0 Å². The second kappa shape index (κ2) is 11.2. The molecule has 32 heavy (non-hydrogen) atoms. The number of ketones is 1. The van der Waals surface area contributed by atoms with Crippen molar-refractivity contribution in [2.45, 2.75) is 75.4 Å². The molecule has 172 valence electrons. The summed E-state index contributed by atoms with van der Waals surface area (Å²) in [6, 6.07) is 10.1. The first kappa shape index (κ1) is 23.2. The Morgan fingerprint density at radius 1 is 1.06 bits per heavy atom. The van der Waals surface area contributed by atoms with Gasteiger partial charge >= 0.3 is 0 Å². The van der Waals surface area contributed by atoms with E-state index in [-0.39, 0.29) is 30.0 Å². The first-order valence-electron chi connectivity index (χ1n) is 11.2. The molecule has 0 unspecified atom stereocenters. The topological polar surface area (TPSA) is 70.8 Å². The van der Waals surface area contributed by atoms with E-state index in [1.807, 2.05) is 18.2 Å². The minimum Gasteiger partial charge on any atom is -0.447 e. The summed E-state index contributed by atoms with van der Waals surface area (Å²) in [7, 11) is 0. The van der Waals surface area contributed by atoms with Crippen molar-refractivity contribution in [3.8, 4) is 0 Å². The average Bonchev–Trinajstić information content (AvgIpc) is 3.26. The Kier molecular flexibility index (Phi) is 8.14. The minimum absolute atomic E-state index is 0.0114. The second-order valence-electron chi connectivity index (χ2n) is 8.59. The third-order valence-electron chi connectivity index (χ3n) is 5.88. The van der Waals surface area contributed by atoms with Gasteiger partial charge in [-0.05, 0) is 24.8 Å². The van der Waals surface area contributed by atoms with Gasteiger partial charge in [0.2, 0.25) is 5.89 Å². The van der Waals surface area contributed by atoms with Gasteiger partial charge in [-0.2, -0.15) is 0 Å². The predicted octanol–water partition coefficient (Wildman–Crippen LogP) is 5.30. The van der Waals surface area contributed by atoms with E-state index in [1.165, 1.54) is 17.4 Å². The van der Waals surface area contributed by atoms with Crippen molar-refractivity contribution in [1.29, 1.82) is 0 Å². The van der Waals surface area contributed by atoms with Crippen LogP contribution in [0.15, 0.2) is 53.2 Å². The smallest absolute Gasteiger partial charge is 0.209 e. The molecule has 6 nitrogen and oxygen atoms in total. The number of carbonyl (C=O) groups is 1. The molecule has 0 N–H and O–H groups in total. The van der Waals surface area contributed by atoms with Crippen molar-refractivity contribution >= 4 is 17.4 Å². The van der Waals surface area contributed by atoms with Crippen LogP contribution < -0.4 is 0 Å². The van der Waals surface area contributed by atoms with Crippen LogP contribution in [0.3, 0.4) is 0 Å². The summed E-state index contributed by atoms with van der Waals surface area (Å²) in [6.07, 6.45) is 4.81. The van der Waals surface area contributed by atoms with Crippen LogP contribution in [0.5, 0.6) is 0 Å². The van der Waals surface area contributed by atoms with Crippen molar-refractivity contribution < 1.29 is 23.4 Å². The molecule has 0 aliphatic carbocycles. The lowest BCUT2D eigenvalue weighted by Gasteiger charge is -2.35. The molecular weight excluding hydrogens is 430 g/mol. The van der Waals surface area contributed by atoms with Crippen LogP contribution in [0.1, 0.15) is 61.8 Å². The molecule has 7 heteroatoms. The monoisotopic (exact) mass is 459 g/mol. The molecule has 0 radical (unpaired) electrons. The fourth-order valence-electron chi connectivity index (χ4n) is 4.40. The summed E-state index contributed by atoms with van der Waals surface area (Å²) in [5.74, 6) is 0.796. The molecule has 4 atom stereocenters. The molecule has 3 heterocycles. The number of halogens is 1. The van der Waals surface area contributed by atoms with Gasteiger partial charge in [0.25, 0.3) is 0 Å². The van der Waals surface area contributed by atoms with Crippen molar-refractivity contribution in [1.82, 2.24) is 4.98 Å². The van der Waals surface area contributed by atoms with Gasteiger partial charge in [0.1, 0.15) is 23.8 Å². The van der Waals surface area contributed by atoms with E-state index >= 15 is 0 Å². The molecular formula is C25H30ClNO5. The largest absolute Gasteiger partial charge is 0.447 e. The van der Waals surface area contributed by atoms with E-state index in [0.29, 0.717) is 44.1 Å². The number of hydrogen-bond acceptors (Lipinski definition) is 6. The van der Waals surface area contributed by atoms with Gasteiger partial charge in [0, 0.05) is 25.9 Å². The number of rotatable bonds is 9. The fraction of sp³-hybridized carbons (Fsp3) is 0.520. The lowest BCUT2D eigenvalue weighted by Crippen LogP contribution is -2.36. The number of alkyl halides is 1. The number of Topliss-reactive ketones (excluding diaryl/α,β-unsaturated/α-hetero) is 1. The lowest BCUT2D eigenvalue weighted by molar-refractivity contribution is -0.142. The first-order chi connectivity index (χ1) is 15.6. The van der Waals surface area contributed by atoms with E-state index in [9.17, 15) is 4.79 Å². The summed E-state index contributed by atoms with van der Waals surface area (Å²) in [4.78, 5) is 16.7. The minimum atomic E-state index is -0.393. The normalized spacial score (nSPS) is 26.4. The molecule has 2 aliphatic rings. The molecule has 2 saturated heterocycles. The van der Waals surface area contributed by atoms with Crippen LogP contribution in [-0.2, 0) is 31.5 Å². The number of carbonyl (C=O) groups excluding carboxylic acids is 1. The molecule has 0 amide bonds. The standard InChI is InChI=1S/C25H30ClNO5/c1-17-9-20(7-8-29-15-18-5-3-2-4-6-18)31-21(10-17)13-22-11-19(28)12-24(32-22)23-16-30-25(14-26)27-23/h2-6,16,20-22,24H,1,7-15H2/t20-,21+,22-,24+/m0/s1. The third-order valence-corrected chi connectivity index (χ3v) is 6.11. The number of ether oxygens (including phenoxy) is 3. The highest BCUT2D eigenvalue weighted by Gasteiger charge is 2.34. The Morgan fingerprint density at radius 2 is 1.84 bits per heavy atom. The number of oxazole rings is 1. The zero-order valence-corrected chi connectivity index (χ0v) is 19.0. The third kappa shape index (κ3) is 6.51. The molecule has 0 bridgehead atoms. The summed E-state index contributed by atoms with van der Waals surface area (Å²) in [5, 5.41) is 0. The van der Waals surface area contributed by atoms with Gasteiger partial charge in [-0.15, -0.1) is 11.6 Å². The molecule has 1 aromatic carbocycles. The zero-order chi connectivity index (χ0) is 22.3. The maximum absolute atomic E-state index is 12.4. The Balaban J connectivity index is 1.26. The molecule has 2 aromatic rings. The van der Waals surface area contributed by atoms with Gasteiger partial charge < -0.3 is 18.6 Å². The quantitative estimate of drug-likeness (QED) is 0.288. The van der Waals surface area contributed by atoms with Gasteiger partial charge in [-0.3, -0.25) is 4.79 Å². The van der Waals surface area contributed by atoms with Crippen molar-refractivity contribution in [3.05, 3.63) is 65.9 Å². The Hall–Kier alpha value is -1.99. The Morgan fingerprint density at radius 3 is 2.62 bits per heavy atom. The number of nitrogens with zero attached hydrogens (tertiary/aromatic N) is 1. The molecule has 0 saturated carbocycles. The highest BCUT2D eigenvalue weighted by Crippen LogP contribution is 2.34. The number of aromatic nitrogens is 1. The van der Waals surface area contributed by atoms with Crippen LogP contribution >= 0.6 is 11.6 Å². The predicted molar refractivity (Wildman–Crippen MR) is 120 cm³/mol. The van der Waals surface area contributed by atoms with Crippen molar-refractivity contribution in [2.75, 3.05) is 6.61 Å². The van der Waals surface area contributed by atoms with Gasteiger partial charge in [0.05, 0.1) is 30.8 Å². The van der Waals surface area contributed by atoms with Crippen LogP contribution in [0.2, 0.25) is 0 Å².